The van der Waals surface area contributed by atoms with Gasteiger partial charge in [0.1, 0.15) is 5.75 Å². The third kappa shape index (κ3) is 3.58. The molecule has 0 radical (unpaired) electrons. The lowest BCUT2D eigenvalue weighted by molar-refractivity contribution is -0.186. The van der Waals surface area contributed by atoms with Crippen LogP contribution in [0.2, 0.25) is 0 Å². The maximum atomic E-state index is 14.1. The molecule has 1 aliphatic heterocycles. The highest BCUT2D eigenvalue weighted by atomic mass is 19.3. The summed E-state index contributed by atoms with van der Waals surface area (Å²) in [6.07, 6.45) is 4.82. The van der Waals surface area contributed by atoms with Crippen LogP contribution in [0.1, 0.15) is 58.8 Å². The van der Waals surface area contributed by atoms with E-state index in [0.717, 1.165) is 38.9 Å². The highest BCUT2D eigenvalue weighted by Gasteiger charge is 2.58. The largest absolute Gasteiger partial charge is 0.496 e. The van der Waals surface area contributed by atoms with Crippen molar-refractivity contribution in [1.82, 2.24) is 14.9 Å². The van der Waals surface area contributed by atoms with Gasteiger partial charge in [-0.2, -0.15) is 0 Å². The summed E-state index contributed by atoms with van der Waals surface area (Å²) in [7, 11) is 1.67. The normalized spacial score (nSPS) is 21.2. The summed E-state index contributed by atoms with van der Waals surface area (Å²) in [4.78, 5) is 20.7. The molecular formula is C28H29F2N3O3. The molecule has 2 aliphatic rings. The van der Waals surface area contributed by atoms with Crippen LogP contribution >= 0.6 is 0 Å². The molecule has 8 heteroatoms. The van der Waals surface area contributed by atoms with Gasteiger partial charge in [-0.1, -0.05) is 6.07 Å². The van der Waals surface area contributed by atoms with E-state index in [1.54, 1.807) is 25.4 Å². The minimum Gasteiger partial charge on any atom is -0.496 e. The van der Waals surface area contributed by atoms with Gasteiger partial charge in [0.15, 0.2) is 0 Å². The number of aromatic nitrogens is 2. The van der Waals surface area contributed by atoms with Gasteiger partial charge in [0.05, 0.1) is 18.2 Å². The first-order valence-corrected chi connectivity index (χ1v) is 12.3. The number of carbonyl (C=O) groups is 1. The molecule has 3 heterocycles. The lowest BCUT2D eigenvalue weighted by atomic mass is 9.59. The van der Waals surface area contributed by atoms with Crippen LogP contribution in [0, 0.1) is 12.3 Å². The first kappa shape index (κ1) is 23.0. The first-order chi connectivity index (χ1) is 17.2. The summed E-state index contributed by atoms with van der Waals surface area (Å²) in [6, 6.07) is 9.21. The Labute approximate surface area is 207 Å². The zero-order valence-electron chi connectivity index (χ0n) is 20.3. The van der Waals surface area contributed by atoms with E-state index in [4.69, 9.17) is 4.74 Å². The number of piperidine rings is 1. The molecule has 1 spiro atoms. The van der Waals surface area contributed by atoms with Crippen molar-refractivity contribution in [1.29, 1.82) is 0 Å². The zero-order chi connectivity index (χ0) is 25.2. The molecule has 1 aliphatic carbocycles. The molecule has 188 valence electrons. The van der Waals surface area contributed by atoms with Crippen molar-refractivity contribution in [3.8, 4) is 5.75 Å². The topological polar surface area (TPSA) is 81.3 Å². The second kappa shape index (κ2) is 8.06. The smallest absolute Gasteiger partial charge is 0.336 e. The van der Waals surface area contributed by atoms with E-state index in [0.29, 0.717) is 31.3 Å². The number of aryl methyl sites for hydroxylation is 1. The number of nitrogens with zero attached hydrogens (tertiary/aromatic N) is 1. The average Bonchev–Trinajstić information content (AvgIpc) is 3.50. The minimum absolute atomic E-state index is 0.0820. The molecule has 0 unspecified atom stereocenters. The summed E-state index contributed by atoms with van der Waals surface area (Å²) in [6.45, 7) is 3.31. The fourth-order valence-corrected chi connectivity index (χ4v) is 6.67. The van der Waals surface area contributed by atoms with Crippen LogP contribution in [0.5, 0.6) is 5.75 Å². The van der Waals surface area contributed by atoms with Crippen LogP contribution in [0.3, 0.4) is 0 Å². The van der Waals surface area contributed by atoms with E-state index in [1.165, 1.54) is 0 Å². The fourth-order valence-electron chi connectivity index (χ4n) is 6.67. The number of hydrogen-bond donors (Lipinski definition) is 3. The van der Waals surface area contributed by atoms with Gasteiger partial charge in [0, 0.05) is 59.7 Å². The van der Waals surface area contributed by atoms with Gasteiger partial charge in [-0.3, -0.25) is 4.90 Å². The number of fused-ring (bicyclic) bond motifs is 2. The quantitative estimate of drug-likeness (QED) is 0.300. The number of likely N-dealkylation sites (tertiary alicyclic amines) is 1. The fraction of sp³-hybridized carbons (Fsp3) is 0.393. The maximum absolute atomic E-state index is 14.1. The molecule has 6 nitrogen and oxygen atoms in total. The van der Waals surface area contributed by atoms with Gasteiger partial charge in [0.2, 0.25) is 5.92 Å². The summed E-state index contributed by atoms with van der Waals surface area (Å²) in [5, 5.41) is 11.4. The van der Waals surface area contributed by atoms with Crippen molar-refractivity contribution >= 4 is 27.8 Å². The number of benzene rings is 2. The van der Waals surface area contributed by atoms with Crippen LogP contribution in [0.15, 0.2) is 42.7 Å². The number of rotatable bonds is 5. The number of hydrogen-bond acceptors (Lipinski definition) is 3. The number of carboxylic acid groups (broad SMARTS) is 1. The number of aromatic amines is 2. The lowest BCUT2D eigenvalue weighted by Crippen LogP contribution is -2.53. The van der Waals surface area contributed by atoms with E-state index < -0.39 is 17.3 Å². The number of halogens is 2. The third-order valence-corrected chi connectivity index (χ3v) is 8.30. The van der Waals surface area contributed by atoms with E-state index in [2.05, 4.69) is 20.9 Å². The standard InChI is InChI=1S/C28H29F2N3O3/c1-16-11-23(36-2)21(18-6-8-31-24(16)18)13-33-10-7-27(14-28(29,30)15-27)12-22(33)20-4-3-19(26(34)35)17-5-9-32-25(17)20/h3-6,8-9,11,22,31-32H,7,10,12-15H2,1-2H3,(H,34,35)/t22-/m0/s1. The molecular weight excluding hydrogens is 464 g/mol. The van der Waals surface area contributed by atoms with Crippen molar-refractivity contribution in [2.45, 2.75) is 51.1 Å². The van der Waals surface area contributed by atoms with Crippen LogP contribution in [0.25, 0.3) is 21.8 Å². The maximum Gasteiger partial charge on any atom is 0.336 e. The van der Waals surface area contributed by atoms with Crippen LogP contribution < -0.4 is 4.74 Å². The van der Waals surface area contributed by atoms with Crippen LogP contribution in [0.4, 0.5) is 8.78 Å². The minimum atomic E-state index is -2.60. The molecule has 1 atom stereocenters. The van der Waals surface area contributed by atoms with E-state index in [1.807, 2.05) is 25.3 Å². The van der Waals surface area contributed by atoms with Crippen molar-refractivity contribution in [3.63, 3.8) is 0 Å². The average molecular weight is 494 g/mol. The van der Waals surface area contributed by atoms with E-state index in [9.17, 15) is 18.7 Å². The molecule has 2 aromatic carbocycles. The first-order valence-electron chi connectivity index (χ1n) is 12.3. The van der Waals surface area contributed by atoms with Crippen molar-refractivity contribution in [2.24, 2.45) is 5.41 Å². The molecule has 3 N–H and O–H groups in total. The number of nitrogens with one attached hydrogen (secondary N) is 2. The summed E-state index contributed by atoms with van der Waals surface area (Å²) in [5.41, 5.74) is 4.77. The summed E-state index contributed by atoms with van der Waals surface area (Å²) >= 11 is 0. The SMILES string of the molecule is COc1cc(C)c2[nH]ccc2c1CN1CCC2(C[C@H]1c1ccc(C(=O)O)c3cc[nH]c13)CC(F)(F)C2. The van der Waals surface area contributed by atoms with Crippen molar-refractivity contribution in [3.05, 3.63) is 65.0 Å². The van der Waals surface area contributed by atoms with Gasteiger partial charge in [0.25, 0.3) is 0 Å². The summed E-state index contributed by atoms with van der Waals surface area (Å²) < 4.78 is 33.9. The van der Waals surface area contributed by atoms with Gasteiger partial charge >= 0.3 is 5.97 Å². The Morgan fingerprint density at radius 3 is 2.56 bits per heavy atom. The summed E-state index contributed by atoms with van der Waals surface area (Å²) in [5.74, 6) is -2.78. The molecule has 1 saturated heterocycles. The van der Waals surface area contributed by atoms with Gasteiger partial charge in [-0.25, -0.2) is 13.6 Å². The molecule has 2 fully saturated rings. The number of carboxylic acids is 1. The van der Waals surface area contributed by atoms with Crippen molar-refractivity contribution in [2.75, 3.05) is 13.7 Å². The molecule has 4 aromatic rings. The number of methoxy groups -OCH3 is 1. The second-order valence-electron chi connectivity index (χ2n) is 10.6. The van der Waals surface area contributed by atoms with E-state index in [-0.39, 0.29) is 24.4 Å². The van der Waals surface area contributed by atoms with Gasteiger partial charge in [-0.05, 0) is 67.1 Å². The third-order valence-electron chi connectivity index (χ3n) is 8.30. The van der Waals surface area contributed by atoms with Gasteiger partial charge < -0.3 is 19.8 Å². The Morgan fingerprint density at radius 2 is 1.86 bits per heavy atom. The predicted octanol–water partition coefficient (Wildman–Crippen LogP) is 6.42. The Balaban J connectivity index is 1.44. The number of alkyl halides is 2. The molecule has 6 rings (SSSR count). The van der Waals surface area contributed by atoms with Crippen LogP contribution in [-0.4, -0.2) is 45.5 Å². The zero-order valence-corrected chi connectivity index (χ0v) is 20.3. The Hall–Kier alpha value is -3.39. The molecule has 1 saturated carbocycles. The lowest BCUT2D eigenvalue weighted by Gasteiger charge is -2.54. The molecule has 0 bridgehead atoms. The van der Waals surface area contributed by atoms with Crippen LogP contribution in [-0.2, 0) is 6.54 Å². The molecule has 36 heavy (non-hydrogen) atoms. The number of H-pyrrole nitrogens is 2. The van der Waals surface area contributed by atoms with E-state index >= 15 is 0 Å². The number of aromatic carboxylic acids is 1. The highest BCUT2D eigenvalue weighted by molar-refractivity contribution is 6.03. The Kier molecular flexibility index (Phi) is 5.16. The highest BCUT2D eigenvalue weighted by Crippen LogP contribution is 2.61. The Bertz CT molecular complexity index is 1480. The molecule has 0 amide bonds. The molecule has 2 aromatic heterocycles. The predicted molar refractivity (Wildman–Crippen MR) is 134 cm³/mol. The monoisotopic (exact) mass is 493 g/mol. The van der Waals surface area contributed by atoms with Gasteiger partial charge in [-0.15, -0.1) is 0 Å². The van der Waals surface area contributed by atoms with Crippen molar-refractivity contribution < 1.29 is 23.4 Å². The number of ether oxygens (including phenoxy) is 1. The Morgan fingerprint density at radius 1 is 1.14 bits per heavy atom. The second-order valence-corrected chi connectivity index (χ2v) is 10.6.